The molecule has 3 nitrogen and oxygen atoms in total. The Morgan fingerprint density at radius 3 is 2.86 bits per heavy atom. The van der Waals surface area contributed by atoms with E-state index in [-0.39, 0.29) is 0 Å². The summed E-state index contributed by atoms with van der Waals surface area (Å²) in [7, 11) is 0. The van der Waals surface area contributed by atoms with E-state index in [1.807, 2.05) is 10.8 Å². The van der Waals surface area contributed by atoms with Gasteiger partial charge in [-0.25, -0.2) is 4.98 Å². The molecular formula is C18H23N3. The SMILES string of the molecule is CCCCCCc1cccc(Cc2nccn2CC#N)c1. The van der Waals surface area contributed by atoms with Crippen molar-refractivity contribution in [3.63, 3.8) is 0 Å². The molecule has 110 valence electrons. The van der Waals surface area contributed by atoms with Crippen LogP contribution < -0.4 is 0 Å². The third-order valence-electron chi connectivity index (χ3n) is 3.72. The van der Waals surface area contributed by atoms with Crippen molar-refractivity contribution in [2.45, 2.75) is 52.0 Å². The number of benzene rings is 1. The van der Waals surface area contributed by atoms with Gasteiger partial charge in [0.15, 0.2) is 0 Å². The molecule has 0 saturated carbocycles. The molecule has 0 unspecified atom stereocenters. The molecule has 2 aromatic rings. The van der Waals surface area contributed by atoms with E-state index in [2.05, 4.69) is 42.2 Å². The van der Waals surface area contributed by atoms with E-state index in [0.29, 0.717) is 6.54 Å². The number of hydrogen-bond acceptors (Lipinski definition) is 2. The van der Waals surface area contributed by atoms with E-state index in [1.165, 1.54) is 36.8 Å². The summed E-state index contributed by atoms with van der Waals surface area (Å²) in [5.41, 5.74) is 2.68. The van der Waals surface area contributed by atoms with Crippen molar-refractivity contribution in [3.05, 3.63) is 53.6 Å². The van der Waals surface area contributed by atoms with Gasteiger partial charge < -0.3 is 4.57 Å². The van der Waals surface area contributed by atoms with Crippen LogP contribution in [0.15, 0.2) is 36.7 Å². The summed E-state index contributed by atoms with van der Waals surface area (Å²) in [5.74, 6) is 0.958. The molecule has 0 N–H and O–H groups in total. The fraction of sp³-hybridized carbons (Fsp3) is 0.444. The Morgan fingerprint density at radius 2 is 2.05 bits per heavy atom. The van der Waals surface area contributed by atoms with Crippen LogP contribution in [0.3, 0.4) is 0 Å². The van der Waals surface area contributed by atoms with Crippen LogP contribution in [0.5, 0.6) is 0 Å². The highest BCUT2D eigenvalue weighted by Gasteiger charge is 2.04. The smallest absolute Gasteiger partial charge is 0.113 e. The van der Waals surface area contributed by atoms with Gasteiger partial charge in [0.2, 0.25) is 0 Å². The fourth-order valence-electron chi connectivity index (χ4n) is 2.56. The lowest BCUT2D eigenvalue weighted by Crippen LogP contribution is -2.03. The van der Waals surface area contributed by atoms with Gasteiger partial charge in [0.1, 0.15) is 12.4 Å². The highest BCUT2D eigenvalue weighted by atomic mass is 15.1. The molecule has 0 aliphatic rings. The van der Waals surface area contributed by atoms with Crippen molar-refractivity contribution in [3.8, 4) is 6.07 Å². The first-order chi connectivity index (χ1) is 10.3. The number of aromatic nitrogens is 2. The summed E-state index contributed by atoms with van der Waals surface area (Å²) in [4.78, 5) is 4.36. The summed E-state index contributed by atoms with van der Waals surface area (Å²) in [6.07, 6.45) is 10.8. The molecule has 1 aromatic heterocycles. The molecule has 0 spiro atoms. The monoisotopic (exact) mass is 281 g/mol. The van der Waals surface area contributed by atoms with Crippen LogP contribution in [0.25, 0.3) is 0 Å². The van der Waals surface area contributed by atoms with Crippen molar-refractivity contribution in [2.75, 3.05) is 0 Å². The number of aryl methyl sites for hydroxylation is 1. The highest BCUT2D eigenvalue weighted by Crippen LogP contribution is 2.13. The van der Waals surface area contributed by atoms with E-state index in [9.17, 15) is 0 Å². The maximum atomic E-state index is 8.81. The van der Waals surface area contributed by atoms with Gasteiger partial charge in [0.25, 0.3) is 0 Å². The molecule has 1 heterocycles. The zero-order chi connectivity index (χ0) is 14.9. The molecule has 3 heteroatoms. The number of unbranched alkanes of at least 4 members (excludes halogenated alkanes) is 3. The average molecular weight is 281 g/mol. The van der Waals surface area contributed by atoms with Gasteiger partial charge in [-0.15, -0.1) is 0 Å². The van der Waals surface area contributed by atoms with Crippen LogP contribution in [0.1, 0.15) is 49.6 Å². The summed E-state index contributed by atoms with van der Waals surface area (Å²) >= 11 is 0. The zero-order valence-corrected chi connectivity index (χ0v) is 12.8. The van der Waals surface area contributed by atoms with Crippen LogP contribution in [0.4, 0.5) is 0 Å². The van der Waals surface area contributed by atoms with Gasteiger partial charge in [-0.3, -0.25) is 0 Å². The quantitative estimate of drug-likeness (QED) is 0.683. The lowest BCUT2D eigenvalue weighted by molar-refractivity contribution is 0.666. The topological polar surface area (TPSA) is 41.6 Å². The van der Waals surface area contributed by atoms with Gasteiger partial charge in [-0.2, -0.15) is 5.26 Å². The Morgan fingerprint density at radius 1 is 1.19 bits per heavy atom. The fourth-order valence-corrected chi connectivity index (χ4v) is 2.56. The van der Waals surface area contributed by atoms with E-state index in [4.69, 9.17) is 5.26 Å². The minimum Gasteiger partial charge on any atom is -0.321 e. The van der Waals surface area contributed by atoms with Crippen LogP contribution >= 0.6 is 0 Å². The number of hydrogen-bond donors (Lipinski definition) is 0. The van der Waals surface area contributed by atoms with Crippen molar-refractivity contribution in [1.29, 1.82) is 5.26 Å². The maximum Gasteiger partial charge on any atom is 0.113 e. The van der Waals surface area contributed by atoms with Gasteiger partial charge in [0, 0.05) is 18.8 Å². The first-order valence-corrected chi connectivity index (χ1v) is 7.78. The normalized spacial score (nSPS) is 10.5. The first-order valence-electron chi connectivity index (χ1n) is 7.78. The molecule has 0 saturated heterocycles. The first kappa shape index (κ1) is 15.3. The van der Waals surface area contributed by atoms with E-state index < -0.39 is 0 Å². The number of imidazole rings is 1. The number of nitriles is 1. The van der Waals surface area contributed by atoms with Crippen LogP contribution in [-0.2, 0) is 19.4 Å². The molecule has 2 rings (SSSR count). The minimum absolute atomic E-state index is 0.367. The molecule has 1 aromatic carbocycles. The van der Waals surface area contributed by atoms with E-state index in [1.54, 1.807) is 6.20 Å². The van der Waals surface area contributed by atoms with E-state index in [0.717, 1.165) is 18.7 Å². The molecule has 0 aliphatic carbocycles. The maximum absolute atomic E-state index is 8.81. The predicted molar refractivity (Wildman–Crippen MR) is 84.9 cm³/mol. The Balaban J connectivity index is 1.97. The summed E-state index contributed by atoms with van der Waals surface area (Å²) in [5, 5.41) is 8.81. The predicted octanol–water partition coefficient (Wildman–Crippen LogP) is 4.12. The van der Waals surface area contributed by atoms with Crippen molar-refractivity contribution < 1.29 is 0 Å². The molecule has 0 fully saturated rings. The third-order valence-corrected chi connectivity index (χ3v) is 3.72. The lowest BCUT2D eigenvalue weighted by Gasteiger charge is -2.06. The lowest BCUT2D eigenvalue weighted by atomic mass is 10.0. The van der Waals surface area contributed by atoms with Gasteiger partial charge in [-0.1, -0.05) is 50.5 Å². The number of nitrogens with zero attached hydrogens (tertiary/aromatic N) is 3. The Hall–Kier alpha value is -2.08. The van der Waals surface area contributed by atoms with Crippen molar-refractivity contribution >= 4 is 0 Å². The van der Waals surface area contributed by atoms with E-state index >= 15 is 0 Å². The molecular weight excluding hydrogens is 258 g/mol. The molecule has 0 atom stereocenters. The van der Waals surface area contributed by atoms with Gasteiger partial charge in [0.05, 0.1) is 6.07 Å². The second-order valence-electron chi connectivity index (χ2n) is 5.44. The highest BCUT2D eigenvalue weighted by molar-refractivity contribution is 5.26. The molecule has 0 aliphatic heterocycles. The average Bonchev–Trinajstić information content (AvgIpc) is 2.92. The molecule has 0 bridgehead atoms. The molecule has 21 heavy (non-hydrogen) atoms. The van der Waals surface area contributed by atoms with Gasteiger partial charge >= 0.3 is 0 Å². The van der Waals surface area contributed by atoms with Crippen molar-refractivity contribution in [2.24, 2.45) is 0 Å². The second-order valence-corrected chi connectivity index (χ2v) is 5.44. The number of rotatable bonds is 8. The Labute approximate surface area is 127 Å². The third kappa shape index (κ3) is 4.75. The van der Waals surface area contributed by atoms with Crippen LogP contribution in [-0.4, -0.2) is 9.55 Å². The zero-order valence-electron chi connectivity index (χ0n) is 12.8. The molecule has 0 amide bonds. The largest absolute Gasteiger partial charge is 0.321 e. The summed E-state index contributed by atoms with van der Waals surface area (Å²) < 4.78 is 1.91. The minimum atomic E-state index is 0.367. The summed E-state index contributed by atoms with van der Waals surface area (Å²) in [6.45, 7) is 2.61. The molecule has 0 radical (unpaired) electrons. The summed E-state index contributed by atoms with van der Waals surface area (Å²) in [6, 6.07) is 10.9. The van der Waals surface area contributed by atoms with Gasteiger partial charge in [-0.05, 0) is 24.0 Å². The Bertz CT molecular complexity index is 593. The second kappa shape index (κ2) is 8.26. The Kier molecular flexibility index (Phi) is 6.02. The van der Waals surface area contributed by atoms with Crippen LogP contribution in [0.2, 0.25) is 0 Å². The van der Waals surface area contributed by atoms with Crippen molar-refractivity contribution in [1.82, 2.24) is 9.55 Å². The van der Waals surface area contributed by atoms with Crippen LogP contribution in [0, 0.1) is 11.3 Å². The standard InChI is InChI=1S/C18H23N3/c1-2-3-4-5-7-16-8-6-9-17(14-16)15-18-20-11-13-21(18)12-10-19/h6,8-9,11,13-14H,2-5,7,12,15H2,1H3.